The molecule has 0 heterocycles. The van der Waals surface area contributed by atoms with Crippen molar-refractivity contribution in [3.63, 3.8) is 0 Å². The number of benzene rings is 1. The molecule has 0 atom stereocenters. The lowest BCUT2D eigenvalue weighted by Gasteiger charge is -2.11. The van der Waals surface area contributed by atoms with Crippen molar-refractivity contribution in [2.75, 3.05) is 13.7 Å². The number of rotatable bonds is 5. The van der Waals surface area contributed by atoms with Gasteiger partial charge in [-0.15, -0.1) is 0 Å². The first kappa shape index (κ1) is 12.1. The Bertz CT molecular complexity index is 367. The summed E-state index contributed by atoms with van der Waals surface area (Å²) in [7, 11) is 1.38. The van der Waals surface area contributed by atoms with Crippen molar-refractivity contribution >= 4 is 5.97 Å². The number of carbonyl (C=O) groups excluding carboxylic acids is 1. The third kappa shape index (κ3) is 3.28. The van der Waals surface area contributed by atoms with E-state index in [4.69, 9.17) is 4.84 Å². The van der Waals surface area contributed by atoms with Gasteiger partial charge in [0.15, 0.2) is 0 Å². The van der Waals surface area contributed by atoms with Crippen molar-refractivity contribution in [1.82, 2.24) is 5.48 Å². The number of fused-ring (bicyclic) bond motifs is 1. The molecule has 0 radical (unpaired) electrons. The zero-order valence-electron chi connectivity index (χ0n) is 9.94. The molecule has 0 aromatic heterocycles. The van der Waals surface area contributed by atoms with Crippen LogP contribution in [0.1, 0.15) is 17.5 Å². The van der Waals surface area contributed by atoms with Gasteiger partial charge in [-0.3, -0.25) is 4.79 Å². The van der Waals surface area contributed by atoms with Crippen LogP contribution in [0.4, 0.5) is 0 Å². The van der Waals surface area contributed by atoms with Crippen LogP contribution in [0.5, 0.6) is 0 Å². The normalized spacial score (nSPS) is 14.6. The fraction of sp³-hybridized carbons (Fsp3) is 0.462. The van der Waals surface area contributed by atoms with Crippen LogP contribution in [-0.2, 0) is 27.2 Å². The van der Waals surface area contributed by atoms with Gasteiger partial charge in [0, 0.05) is 6.04 Å². The first-order valence-corrected chi connectivity index (χ1v) is 5.80. The van der Waals surface area contributed by atoms with Crippen molar-refractivity contribution < 1.29 is 14.4 Å². The monoisotopic (exact) mass is 235 g/mol. The third-order valence-electron chi connectivity index (χ3n) is 2.94. The quantitative estimate of drug-likeness (QED) is 0.474. The predicted octanol–water partition coefficient (Wildman–Crippen LogP) is 1.24. The highest BCUT2D eigenvalue weighted by Crippen LogP contribution is 2.21. The highest BCUT2D eigenvalue weighted by atomic mass is 16.6. The molecule has 0 saturated carbocycles. The number of nitrogens with one attached hydrogen (secondary N) is 1. The van der Waals surface area contributed by atoms with Crippen LogP contribution in [0.2, 0.25) is 0 Å². The number of hydroxylamine groups is 1. The van der Waals surface area contributed by atoms with E-state index < -0.39 is 0 Å². The molecule has 1 aromatic rings. The molecule has 0 fully saturated rings. The smallest absolute Gasteiger partial charge is 0.307 e. The van der Waals surface area contributed by atoms with E-state index in [0.717, 1.165) is 12.8 Å². The number of esters is 1. The minimum atomic E-state index is -0.249. The molecule has 1 N–H and O–H groups in total. The Hall–Kier alpha value is -1.39. The highest BCUT2D eigenvalue weighted by molar-refractivity contribution is 5.69. The molecule has 17 heavy (non-hydrogen) atoms. The van der Waals surface area contributed by atoms with Gasteiger partial charge in [-0.1, -0.05) is 24.3 Å². The molecule has 1 aliphatic carbocycles. The van der Waals surface area contributed by atoms with Crippen LogP contribution in [0, 0.1) is 0 Å². The lowest BCUT2D eigenvalue weighted by Crippen LogP contribution is -2.30. The van der Waals surface area contributed by atoms with Crippen LogP contribution in [0.3, 0.4) is 0 Å². The standard InChI is InChI=1S/C13H17NO3/c1-16-13(15)6-7-17-14-12-8-10-4-2-3-5-11(10)9-12/h2-5,12,14H,6-9H2,1H3. The van der Waals surface area contributed by atoms with Crippen LogP contribution in [0.15, 0.2) is 24.3 Å². The summed E-state index contributed by atoms with van der Waals surface area (Å²) >= 11 is 0. The van der Waals surface area contributed by atoms with Crippen molar-refractivity contribution in [2.45, 2.75) is 25.3 Å². The average Bonchev–Trinajstić information content (AvgIpc) is 2.76. The SMILES string of the molecule is COC(=O)CCONC1Cc2ccccc2C1. The zero-order chi connectivity index (χ0) is 12.1. The van der Waals surface area contributed by atoms with Crippen LogP contribution in [-0.4, -0.2) is 25.7 Å². The van der Waals surface area contributed by atoms with Gasteiger partial charge < -0.3 is 9.57 Å². The summed E-state index contributed by atoms with van der Waals surface area (Å²) in [5.74, 6) is -0.249. The van der Waals surface area contributed by atoms with Crippen LogP contribution >= 0.6 is 0 Å². The van der Waals surface area contributed by atoms with E-state index in [1.807, 2.05) is 0 Å². The fourth-order valence-electron chi connectivity index (χ4n) is 2.06. The first-order valence-electron chi connectivity index (χ1n) is 5.80. The second-order valence-corrected chi connectivity index (χ2v) is 4.17. The molecular weight excluding hydrogens is 218 g/mol. The minimum Gasteiger partial charge on any atom is -0.469 e. The fourth-order valence-corrected chi connectivity index (χ4v) is 2.06. The Morgan fingerprint density at radius 2 is 2.00 bits per heavy atom. The first-order chi connectivity index (χ1) is 8.29. The van der Waals surface area contributed by atoms with E-state index in [9.17, 15) is 4.79 Å². The van der Waals surface area contributed by atoms with Gasteiger partial charge in [-0.05, 0) is 24.0 Å². The summed E-state index contributed by atoms with van der Waals surface area (Å²) in [6.07, 6.45) is 2.24. The van der Waals surface area contributed by atoms with Gasteiger partial charge in [0.25, 0.3) is 0 Å². The summed E-state index contributed by atoms with van der Waals surface area (Å²) < 4.78 is 4.53. The average molecular weight is 235 g/mol. The van der Waals surface area contributed by atoms with E-state index in [1.165, 1.54) is 18.2 Å². The van der Waals surface area contributed by atoms with Gasteiger partial charge in [-0.2, -0.15) is 5.48 Å². The Morgan fingerprint density at radius 1 is 1.35 bits per heavy atom. The summed E-state index contributed by atoms with van der Waals surface area (Å²) in [4.78, 5) is 16.1. The number of hydrogen-bond donors (Lipinski definition) is 1. The number of hydrogen-bond acceptors (Lipinski definition) is 4. The number of methoxy groups -OCH3 is 1. The van der Waals surface area contributed by atoms with Gasteiger partial charge in [0.1, 0.15) is 0 Å². The largest absolute Gasteiger partial charge is 0.469 e. The van der Waals surface area contributed by atoms with Crippen LogP contribution < -0.4 is 5.48 Å². The molecule has 0 saturated heterocycles. The van der Waals surface area contributed by atoms with Gasteiger partial charge in [-0.25, -0.2) is 0 Å². The molecule has 1 aromatic carbocycles. The molecule has 0 spiro atoms. The molecule has 0 bridgehead atoms. The number of carbonyl (C=O) groups is 1. The van der Waals surface area contributed by atoms with E-state index in [2.05, 4.69) is 34.5 Å². The molecule has 1 aliphatic rings. The lowest BCUT2D eigenvalue weighted by atomic mass is 10.1. The Morgan fingerprint density at radius 3 is 2.59 bits per heavy atom. The molecular formula is C13H17NO3. The molecule has 0 aliphatic heterocycles. The molecule has 92 valence electrons. The van der Waals surface area contributed by atoms with Crippen molar-refractivity contribution in [3.05, 3.63) is 35.4 Å². The Labute approximate surface area is 101 Å². The zero-order valence-corrected chi connectivity index (χ0v) is 9.94. The maximum atomic E-state index is 10.9. The molecule has 4 heteroatoms. The van der Waals surface area contributed by atoms with E-state index in [-0.39, 0.29) is 12.4 Å². The topological polar surface area (TPSA) is 47.6 Å². The molecule has 2 rings (SSSR count). The summed E-state index contributed by atoms with van der Waals surface area (Å²) in [6.45, 7) is 0.347. The van der Waals surface area contributed by atoms with E-state index >= 15 is 0 Å². The summed E-state index contributed by atoms with van der Waals surface area (Å²) in [5, 5.41) is 0. The second kappa shape index (κ2) is 5.80. The molecule has 4 nitrogen and oxygen atoms in total. The van der Waals surface area contributed by atoms with Crippen molar-refractivity contribution in [2.24, 2.45) is 0 Å². The van der Waals surface area contributed by atoms with Crippen LogP contribution in [0.25, 0.3) is 0 Å². The predicted molar refractivity (Wildman–Crippen MR) is 63.4 cm³/mol. The molecule has 0 amide bonds. The van der Waals surface area contributed by atoms with Gasteiger partial charge in [0.2, 0.25) is 0 Å². The van der Waals surface area contributed by atoms with Crippen molar-refractivity contribution in [3.8, 4) is 0 Å². The Kier molecular flexibility index (Phi) is 4.12. The van der Waals surface area contributed by atoms with Gasteiger partial charge in [0.05, 0.1) is 20.1 Å². The van der Waals surface area contributed by atoms with E-state index in [0.29, 0.717) is 12.6 Å². The highest BCUT2D eigenvalue weighted by Gasteiger charge is 2.20. The maximum Gasteiger partial charge on any atom is 0.307 e. The van der Waals surface area contributed by atoms with Gasteiger partial charge >= 0.3 is 5.97 Å². The maximum absolute atomic E-state index is 10.9. The Balaban J connectivity index is 1.68. The second-order valence-electron chi connectivity index (χ2n) is 4.17. The number of ether oxygens (including phenoxy) is 1. The summed E-state index contributed by atoms with van der Waals surface area (Å²) in [5.41, 5.74) is 5.75. The lowest BCUT2D eigenvalue weighted by molar-refractivity contribution is -0.142. The molecule has 0 unspecified atom stereocenters. The van der Waals surface area contributed by atoms with Crippen molar-refractivity contribution in [1.29, 1.82) is 0 Å². The van der Waals surface area contributed by atoms with E-state index in [1.54, 1.807) is 0 Å². The summed E-state index contributed by atoms with van der Waals surface area (Å²) in [6, 6.07) is 8.71. The third-order valence-corrected chi connectivity index (χ3v) is 2.94. The minimum absolute atomic E-state index is 0.249.